The van der Waals surface area contributed by atoms with E-state index in [4.69, 9.17) is 10.6 Å². The second-order valence-corrected chi connectivity index (χ2v) is 5.57. The fraction of sp³-hybridized carbons (Fsp3) is 0.158. The molecule has 0 atom stereocenters. The lowest BCUT2D eigenvalue weighted by Crippen LogP contribution is -2.30. The van der Waals surface area contributed by atoms with Crippen LogP contribution in [0.1, 0.15) is 22.5 Å². The molecule has 0 radical (unpaired) electrons. The number of nitrogens with one attached hydrogen (secondary N) is 2. The molecule has 4 N–H and O–H groups in total. The normalized spacial score (nSPS) is 10.4. The van der Waals surface area contributed by atoms with Gasteiger partial charge in [-0.2, -0.15) is 5.10 Å². The van der Waals surface area contributed by atoms with Crippen LogP contribution in [0.4, 0.5) is 0 Å². The van der Waals surface area contributed by atoms with Crippen molar-refractivity contribution in [2.75, 3.05) is 6.61 Å². The molecule has 0 fully saturated rings. The monoisotopic (exact) mass is 336 g/mol. The van der Waals surface area contributed by atoms with Crippen molar-refractivity contribution in [2.45, 2.75) is 12.8 Å². The van der Waals surface area contributed by atoms with Gasteiger partial charge in [0.2, 0.25) is 0 Å². The van der Waals surface area contributed by atoms with Crippen LogP contribution in [-0.2, 0) is 6.42 Å². The highest BCUT2D eigenvalue weighted by molar-refractivity contribution is 5.93. The van der Waals surface area contributed by atoms with Crippen LogP contribution in [0.15, 0.2) is 60.7 Å². The number of carbonyl (C=O) groups excluding carboxylic acids is 1. The van der Waals surface area contributed by atoms with E-state index >= 15 is 0 Å². The van der Waals surface area contributed by atoms with Gasteiger partial charge in [0.15, 0.2) is 0 Å². The molecule has 0 aliphatic heterocycles. The van der Waals surface area contributed by atoms with Crippen LogP contribution >= 0.6 is 0 Å². The van der Waals surface area contributed by atoms with Crippen molar-refractivity contribution in [3.63, 3.8) is 0 Å². The summed E-state index contributed by atoms with van der Waals surface area (Å²) < 4.78 is 5.93. The van der Waals surface area contributed by atoms with E-state index in [1.54, 1.807) is 6.07 Å². The van der Waals surface area contributed by atoms with Gasteiger partial charge in [0, 0.05) is 5.56 Å². The predicted octanol–water partition coefficient (Wildman–Crippen LogP) is 2.69. The van der Waals surface area contributed by atoms with Crippen LogP contribution in [0.5, 0.6) is 5.75 Å². The lowest BCUT2D eigenvalue weighted by Gasteiger charge is -2.10. The summed E-state index contributed by atoms with van der Waals surface area (Å²) >= 11 is 0. The van der Waals surface area contributed by atoms with Crippen molar-refractivity contribution in [1.82, 2.24) is 15.6 Å². The number of amides is 1. The molecule has 6 heteroatoms. The Balaban J connectivity index is 1.65. The average Bonchev–Trinajstić information content (AvgIpc) is 3.16. The predicted molar refractivity (Wildman–Crippen MR) is 95.9 cm³/mol. The zero-order chi connectivity index (χ0) is 17.5. The van der Waals surface area contributed by atoms with E-state index in [1.807, 2.05) is 42.5 Å². The number of para-hydroxylation sites is 1. The number of benzene rings is 2. The number of aromatic nitrogens is 2. The Morgan fingerprint density at radius 1 is 1.12 bits per heavy atom. The Morgan fingerprint density at radius 3 is 2.68 bits per heavy atom. The third-order valence-corrected chi connectivity index (χ3v) is 3.83. The minimum atomic E-state index is -0.417. The molecule has 0 spiro atoms. The van der Waals surface area contributed by atoms with E-state index in [1.165, 1.54) is 5.56 Å². The number of carbonyl (C=O) groups is 1. The number of nitrogen functional groups attached to an aromatic ring is 1. The Kier molecular flexibility index (Phi) is 5.43. The van der Waals surface area contributed by atoms with Crippen LogP contribution in [-0.4, -0.2) is 22.7 Å². The molecule has 6 nitrogen and oxygen atoms in total. The van der Waals surface area contributed by atoms with E-state index < -0.39 is 5.91 Å². The zero-order valence-corrected chi connectivity index (χ0v) is 13.7. The van der Waals surface area contributed by atoms with Crippen LogP contribution in [0.25, 0.3) is 11.3 Å². The molecule has 1 aromatic heterocycles. The number of aryl methyl sites for hydroxylation is 1. The summed E-state index contributed by atoms with van der Waals surface area (Å²) in [5, 5.41) is 6.84. The number of ether oxygens (including phenoxy) is 1. The first-order valence-corrected chi connectivity index (χ1v) is 8.10. The summed E-state index contributed by atoms with van der Waals surface area (Å²) in [5.74, 6) is 5.46. The van der Waals surface area contributed by atoms with Gasteiger partial charge in [-0.1, -0.05) is 42.5 Å². The quantitative estimate of drug-likeness (QED) is 0.268. The van der Waals surface area contributed by atoms with Crippen LogP contribution in [0, 0.1) is 0 Å². The van der Waals surface area contributed by atoms with Crippen molar-refractivity contribution in [3.8, 4) is 17.0 Å². The molecule has 0 aliphatic rings. The Bertz CT molecular complexity index is 830. The highest BCUT2D eigenvalue weighted by Crippen LogP contribution is 2.28. The summed E-state index contributed by atoms with van der Waals surface area (Å²) in [6.45, 7) is 0.604. The summed E-state index contributed by atoms with van der Waals surface area (Å²) in [7, 11) is 0. The first-order valence-electron chi connectivity index (χ1n) is 8.10. The number of nitrogens with zero attached hydrogens (tertiary/aromatic N) is 1. The zero-order valence-electron chi connectivity index (χ0n) is 13.7. The molecule has 0 saturated carbocycles. The second kappa shape index (κ2) is 8.12. The minimum absolute atomic E-state index is 0.302. The van der Waals surface area contributed by atoms with E-state index in [0.29, 0.717) is 18.0 Å². The lowest BCUT2D eigenvalue weighted by molar-refractivity contribution is 0.0948. The smallest absolute Gasteiger partial charge is 0.283 e. The molecular weight excluding hydrogens is 316 g/mol. The van der Waals surface area contributed by atoms with Crippen LogP contribution < -0.4 is 16.0 Å². The molecule has 1 amide bonds. The van der Waals surface area contributed by atoms with Gasteiger partial charge in [-0.3, -0.25) is 15.3 Å². The lowest BCUT2D eigenvalue weighted by atomic mass is 10.1. The van der Waals surface area contributed by atoms with Gasteiger partial charge >= 0.3 is 0 Å². The summed E-state index contributed by atoms with van der Waals surface area (Å²) in [5.41, 5.74) is 5.14. The Hall–Kier alpha value is -3.12. The highest BCUT2D eigenvalue weighted by Gasteiger charge is 2.13. The summed E-state index contributed by atoms with van der Waals surface area (Å²) in [6.07, 6.45) is 1.88. The van der Waals surface area contributed by atoms with Crippen LogP contribution in [0.3, 0.4) is 0 Å². The maximum Gasteiger partial charge on any atom is 0.283 e. The average molecular weight is 336 g/mol. The second-order valence-electron chi connectivity index (χ2n) is 5.57. The standard InChI is InChI=1S/C19H20N4O2/c20-21-19(24)17-13-16(22-23-17)15-10-4-5-11-18(15)25-12-6-9-14-7-2-1-3-8-14/h1-5,7-8,10-11,13H,6,9,12,20H2,(H,21,24)(H,22,23). The van der Waals surface area contributed by atoms with E-state index in [0.717, 1.165) is 24.2 Å². The van der Waals surface area contributed by atoms with Crippen molar-refractivity contribution in [2.24, 2.45) is 5.84 Å². The number of hydrazine groups is 1. The van der Waals surface area contributed by atoms with Gasteiger partial charge in [-0.25, -0.2) is 5.84 Å². The molecule has 0 saturated heterocycles. The molecular formula is C19H20N4O2. The Morgan fingerprint density at radius 2 is 1.88 bits per heavy atom. The fourth-order valence-electron chi connectivity index (χ4n) is 2.56. The highest BCUT2D eigenvalue weighted by atomic mass is 16.5. The van der Waals surface area contributed by atoms with Gasteiger partial charge in [-0.05, 0) is 36.6 Å². The fourth-order valence-corrected chi connectivity index (χ4v) is 2.56. The summed E-state index contributed by atoms with van der Waals surface area (Å²) in [6, 6.07) is 19.6. The molecule has 1 heterocycles. The van der Waals surface area contributed by atoms with Gasteiger partial charge < -0.3 is 4.74 Å². The third-order valence-electron chi connectivity index (χ3n) is 3.83. The Labute approximate surface area is 146 Å². The number of hydrogen-bond donors (Lipinski definition) is 3. The van der Waals surface area contributed by atoms with Crippen LogP contribution in [0.2, 0.25) is 0 Å². The van der Waals surface area contributed by atoms with Gasteiger partial charge in [0.05, 0.1) is 12.3 Å². The number of hydrogen-bond acceptors (Lipinski definition) is 4. The van der Waals surface area contributed by atoms with E-state index in [-0.39, 0.29) is 0 Å². The number of H-pyrrole nitrogens is 1. The molecule has 2 aromatic carbocycles. The van der Waals surface area contributed by atoms with Gasteiger partial charge in [0.1, 0.15) is 11.4 Å². The number of aromatic amines is 1. The molecule has 3 rings (SSSR count). The maximum atomic E-state index is 11.6. The van der Waals surface area contributed by atoms with E-state index in [9.17, 15) is 4.79 Å². The molecule has 0 aliphatic carbocycles. The minimum Gasteiger partial charge on any atom is -0.493 e. The van der Waals surface area contributed by atoms with Crippen molar-refractivity contribution in [1.29, 1.82) is 0 Å². The topological polar surface area (TPSA) is 93.0 Å². The molecule has 128 valence electrons. The molecule has 25 heavy (non-hydrogen) atoms. The SMILES string of the molecule is NNC(=O)c1cc(-c2ccccc2OCCCc2ccccc2)n[nH]1. The third kappa shape index (κ3) is 4.24. The van der Waals surface area contributed by atoms with Crippen molar-refractivity contribution < 1.29 is 9.53 Å². The largest absolute Gasteiger partial charge is 0.493 e. The van der Waals surface area contributed by atoms with Crippen molar-refractivity contribution in [3.05, 3.63) is 71.9 Å². The van der Waals surface area contributed by atoms with Crippen molar-refractivity contribution >= 4 is 5.91 Å². The molecule has 0 unspecified atom stereocenters. The number of nitrogens with two attached hydrogens (primary N) is 1. The van der Waals surface area contributed by atoms with E-state index in [2.05, 4.69) is 27.8 Å². The first-order chi connectivity index (χ1) is 12.3. The molecule has 0 bridgehead atoms. The van der Waals surface area contributed by atoms with Gasteiger partial charge in [-0.15, -0.1) is 0 Å². The maximum absolute atomic E-state index is 11.6. The summed E-state index contributed by atoms with van der Waals surface area (Å²) in [4.78, 5) is 11.6. The molecule has 3 aromatic rings. The first kappa shape index (κ1) is 16.7. The van der Waals surface area contributed by atoms with Gasteiger partial charge in [0.25, 0.3) is 5.91 Å². The number of rotatable bonds is 7.